The number of nitrogens with zero attached hydrogens (tertiary/aromatic N) is 2. The van der Waals surface area contributed by atoms with Gasteiger partial charge < -0.3 is 9.80 Å². The van der Waals surface area contributed by atoms with Crippen LogP contribution in [0.2, 0.25) is 0 Å². The van der Waals surface area contributed by atoms with E-state index in [-0.39, 0.29) is 10.8 Å². The van der Waals surface area contributed by atoms with Gasteiger partial charge in [0.2, 0.25) is 0 Å². The van der Waals surface area contributed by atoms with Crippen LogP contribution in [0.25, 0.3) is 64.6 Å². The van der Waals surface area contributed by atoms with Crippen LogP contribution in [0.5, 0.6) is 0 Å². The molecule has 0 atom stereocenters. The Morgan fingerprint density at radius 1 is 0.237 bits per heavy atom. The first-order chi connectivity index (χ1) is 39.1. The molecule has 13 rings (SSSR count). The molecule has 2 heteroatoms. The van der Waals surface area contributed by atoms with Gasteiger partial charge in [-0.25, -0.2) is 0 Å². The van der Waals surface area contributed by atoms with E-state index < -0.39 is 0 Å². The van der Waals surface area contributed by atoms with Gasteiger partial charge in [0.25, 0.3) is 0 Å². The Morgan fingerprint density at radius 2 is 0.500 bits per heavy atom. The van der Waals surface area contributed by atoms with Gasteiger partial charge in [-0.2, -0.15) is 0 Å². The molecule has 0 heterocycles. The smallest absolute Gasteiger partial charge is 0.0468 e. The van der Waals surface area contributed by atoms with Gasteiger partial charge in [-0.05, 0) is 196 Å². The fourth-order valence-corrected chi connectivity index (χ4v) is 12.9. The monoisotopic (exact) mass is 1030 g/mol. The van der Waals surface area contributed by atoms with Crippen molar-refractivity contribution < 1.29 is 0 Å². The van der Waals surface area contributed by atoms with Crippen molar-refractivity contribution in [1.82, 2.24) is 0 Å². The summed E-state index contributed by atoms with van der Waals surface area (Å²) in [5.74, 6) is 0. The summed E-state index contributed by atoms with van der Waals surface area (Å²) < 4.78 is 0. The Balaban J connectivity index is 1.01. The van der Waals surface area contributed by atoms with Gasteiger partial charge in [0.05, 0.1) is 0 Å². The molecule has 0 unspecified atom stereocenters. The first-order valence-electron chi connectivity index (χ1n) is 28.9. The van der Waals surface area contributed by atoms with Gasteiger partial charge >= 0.3 is 0 Å². The number of aryl methyl sites for hydroxylation is 2. The minimum absolute atomic E-state index is 0.141. The minimum Gasteiger partial charge on any atom is -0.310 e. The van der Waals surface area contributed by atoms with Crippen molar-refractivity contribution in [2.45, 2.75) is 78.1 Å². The Labute approximate surface area is 472 Å². The van der Waals surface area contributed by atoms with Crippen LogP contribution < -0.4 is 9.80 Å². The molecule has 80 heavy (non-hydrogen) atoms. The van der Waals surface area contributed by atoms with Crippen molar-refractivity contribution in [3.63, 3.8) is 0 Å². The van der Waals surface area contributed by atoms with Gasteiger partial charge in [0, 0.05) is 45.0 Å². The Bertz CT molecular complexity index is 4100. The number of hydrogen-bond donors (Lipinski definition) is 0. The zero-order chi connectivity index (χ0) is 54.5. The largest absolute Gasteiger partial charge is 0.310 e. The fourth-order valence-electron chi connectivity index (χ4n) is 12.9. The van der Waals surface area contributed by atoms with Gasteiger partial charge in [-0.1, -0.05) is 224 Å². The predicted octanol–water partition coefficient (Wildman–Crippen LogP) is 22.1. The van der Waals surface area contributed by atoms with Crippen molar-refractivity contribution in [2.24, 2.45) is 0 Å². The Kier molecular flexibility index (Phi) is 13.1. The molecule has 0 aliphatic carbocycles. The van der Waals surface area contributed by atoms with Gasteiger partial charge in [0.1, 0.15) is 0 Å². The van der Waals surface area contributed by atoms with Crippen molar-refractivity contribution in [2.75, 3.05) is 9.80 Å². The van der Waals surface area contributed by atoms with Gasteiger partial charge in [-0.3, -0.25) is 0 Å². The SMILES string of the molecule is CCCc1ccc2c(c1)c1cc3c4ccc(N(c5ccccc5)c5ccc(C(C)(C)c6ccccc6)cc5)cc4c4ccc(CCC)cc4c3cc1c1ccc(N(c3ccccc3)c3ccc(C(C)(C)c4ccccc4)cc3)cc21. The van der Waals surface area contributed by atoms with Crippen molar-refractivity contribution >= 4 is 98.8 Å². The minimum atomic E-state index is -0.141. The number of fused-ring (bicyclic) bond motifs is 12. The molecule has 13 aromatic rings. The second kappa shape index (κ2) is 20.7. The van der Waals surface area contributed by atoms with Crippen LogP contribution >= 0.6 is 0 Å². The molecular formula is C78H68N2. The van der Waals surface area contributed by atoms with Crippen molar-refractivity contribution in [3.8, 4) is 0 Å². The summed E-state index contributed by atoms with van der Waals surface area (Å²) in [6.45, 7) is 13.9. The van der Waals surface area contributed by atoms with E-state index in [4.69, 9.17) is 0 Å². The summed E-state index contributed by atoms with van der Waals surface area (Å²) in [6, 6.07) is 95.8. The highest BCUT2D eigenvalue weighted by molar-refractivity contribution is 6.33. The van der Waals surface area contributed by atoms with Crippen LogP contribution in [0, 0.1) is 0 Å². The molecule has 0 radical (unpaired) electrons. The number of anilines is 6. The second-order valence-corrected chi connectivity index (χ2v) is 23.1. The lowest BCUT2D eigenvalue weighted by molar-refractivity contribution is 0.641. The zero-order valence-corrected chi connectivity index (χ0v) is 47.0. The molecule has 0 saturated carbocycles. The van der Waals surface area contributed by atoms with Crippen molar-refractivity contribution in [3.05, 3.63) is 288 Å². The standard InChI is InChI=1S/C78H68N2/c1-7-21-53-31-43-65-69(47-53)75-51-74-68-46-42-64(80(60-29-19-12-20-30-60)62-39-35-58(36-40-62)78(5,6)56-25-15-10-16-26-56)50-72(68)66-44-32-54(22-8-2)48-70(66)76(74)52-73(75)67-45-41-63(49-71(65)67)79(59-27-17-11-18-28-59)61-37-33-57(34-38-61)77(3,4)55-23-13-9-14-24-55/h9-20,23-52H,7-8,21-22H2,1-6H3. The maximum Gasteiger partial charge on any atom is 0.0468 e. The Morgan fingerprint density at radius 3 is 0.850 bits per heavy atom. The third kappa shape index (κ3) is 8.94. The molecule has 0 amide bonds. The lowest BCUT2D eigenvalue weighted by Crippen LogP contribution is -2.19. The maximum absolute atomic E-state index is 2.54. The fraction of sp³-hybridized carbons (Fsp3) is 0.154. The van der Waals surface area contributed by atoms with Gasteiger partial charge in [0.15, 0.2) is 0 Å². The molecule has 0 fully saturated rings. The zero-order valence-electron chi connectivity index (χ0n) is 47.0. The highest BCUT2D eigenvalue weighted by Gasteiger charge is 2.26. The number of benzene rings is 13. The topological polar surface area (TPSA) is 6.48 Å². The van der Waals surface area contributed by atoms with E-state index in [1.165, 1.54) is 98.0 Å². The summed E-state index contributed by atoms with van der Waals surface area (Å²) in [6.07, 6.45) is 4.24. The summed E-state index contributed by atoms with van der Waals surface area (Å²) >= 11 is 0. The molecule has 0 aliphatic heterocycles. The van der Waals surface area contributed by atoms with Crippen LogP contribution in [-0.4, -0.2) is 0 Å². The summed E-state index contributed by atoms with van der Waals surface area (Å²) in [5, 5.41) is 15.3. The molecule has 390 valence electrons. The van der Waals surface area contributed by atoms with Crippen LogP contribution in [-0.2, 0) is 23.7 Å². The van der Waals surface area contributed by atoms with E-state index in [0.29, 0.717) is 0 Å². The lowest BCUT2D eigenvalue weighted by atomic mass is 9.78. The van der Waals surface area contributed by atoms with E-state index in [0.717, 1.165) is 59.8 Å². The number of rotatable bonds is 14. The Hall–Kier alpha value is -8.98. The third-order valence-electron chi connectivity index (χ3n) is 17.4. The predicted molar refractivity (Wildman–Crippen MR) is 346 cm³/mol. The molecule has 2 nitrogen and oxygen atoms in total. The van der Waals surface area contributed by atoms with Crippen LogP contribution in [0.15, 0.2) is 255 Å². The first kappa shape index (κ1) is 50.5. The van der Waals surface area contributed by atoms with Crippen LogP contribution in [0.4, 0.5) is 34.1 Å². The average molecular weight is 1030 g/mol. The van der Waals surface area contributed by atoms with E-state index in [9.17, 15) is 0 Å². The average Bonchev–Trinajstić information content (AvgIpc) is 3.57. The second-order valence-electron chi connectivity index (χ2n) is 23.1. The quantitative estimate of drug-likeness (QED) is 0.0791. The van der Waals surface area contributed by atoms with Crippen molar-refractivity contribution in [1.29, 1.82) is 0 Å². The number of hydrogen-bond acceptors (Lipinski definition) is 2. The highest BCUT2D eigenvalue weighted by atomic mass is 15.1. The molecular weight excluding hydrogens is 965 g/mol. The van der Waals surface area contributed by atoms with E-state index in [2.05, 4.69) is 306 Å². The molecule has 0 aromatic heterocycles. The molecule has 0 N–H and O–H groups in total. The van der Waals surface area contributed by atoms with E-state index in [1.807, 2.05) is 0 Å². The maximum atomic E-state index is 2.54. The lowest BCUT2D eigenvalue weighted by Gasteiger charge is -2.29. The summed E-state index contributed by atoms with van der Waals surface area (Å²) in [7, 11) is 0. The summed E-state index contributed by atoms with van der Waals surface area (Å²) in [4.78, 5) is 4.84. The molecule has 13 aromatic carbocycles. The van der Waals surface area contributed by atoms with E-state index in [1.54, 1.807) is 0 Å². The molecule has 0 aliphatic rings. The highest BCUT2D eigenvalue weighted by Crippen LogP contribution is 2.47. The molecule has 0 spiro atoms. The van der Waals surface area contributed by atoms with Gasteiger partial charge in [-0.15, -0.1) is 0 Å². The third-order valence-corrected chi connectivity index (χ3v) is 17.4. The normalized spacial score (nSPS) is 12.1. The van der Waals surface area contributed by atoms with Crippen LogP contribution in [0.1, 0.15) is 87.8 Å². The van der Waals surface area contributed by atoms with Crippen LogP contribution in [0.3, 0.4) is 0 Å². The first-order valence-corrected chi connectivity index (χ1v) is 28.9. The molecule has 0 saturated heterocycles. The molecule has 0 bridgehead atoms. The number of para-hydroxylation sites is 2. The van der Waals surface area contributed by atoms with E-state index >= 15 is 0 Å². The summed E-state index contributed by atoms with van der Waals surface area (Å²) in [5.41, 5.74) is 14.4.